The average Bonchev–Trinajstić information content (AvgIpc) is 3.17. The number of H-pyrrole nitrogens is 1. The van der Waals surface area contributed by atoms with Gasteiger partial charge < -0.3 is 44.8 Å². The fraction of sp³-hybridized carbons (Fsp3) is 0.714. The molecular formula is C14H22N2O16P2. The van der Waals surface area contributed by atoms with E-state index < -0.39 is 89.2 Å². The Hall–Kier alpha value is -1.34. The SMILES string of the molecule is O=c1ccn(C2OC(COP(=O)(O)OP(=O)(O)OC3OCC(O)(CO)C3O)C(O)C2O)c(=O)[nH]1. The largest absolute Gasteiger partial charge is 0.483 e. The summed E-state index contributed by atoms with van der Waals surface area (Å²) in [5.74, 6) is 0. The minimum Gasteiger partial charge on any atom is -0.393 e. The Balaban J connectivity index is 1.60. The molecule has 18 nitrogen and oxygen atoms in total. The molecule has 1 aromatic heterocycles. The lowest BCUT2D eigenvalue weighted by Gasteiger charge is -2.24. The van der Waals surface area contributed by atoms with E-state index in [1.807, 2.05) is 4.98 Å². The fourth-order valence-corrected chi connectivity index (χ4v) is 5.24. The molecule has 2 fully saturated rings. The van der Waals surface area contributed by atoms with Crippen molar-refractivity contribution in [3.8, 4) is 0 Å². The molecule has 3 rings (SSSR count). The summed E-state index contributed by atoms with van der Waals surface area (Å²) in [6.45, 7) is -2.68. The van der Waals surface area contributed by atoms with Crippen molar-refractivity contribution < 1.29 is 67.3 Å². The van der Waals surface area contributed by atoms with Gasteiger partial charge in [-0.05, 0) is 0 Å². The molecule has 0 amide bonds. The molecule has 9 unspecified atom stereocenters. The maximum atomic E-state index is 12.1. The van der Waals surface area contributed by atoms with Gasteiger partial charge in [-0.25, -0.2) is 13.9 Å². The minimum atomic E-state index is -5.48. The number of nitrogens with one attached hydrogen (secondary N) is 1. The highest BCUT2D eigenvalue weighted by Gasteiger charge is 2.52. The maximum Gasteiger partial charge on any atom is 0.483 e. The second-order valence-electron chi connectivity index (χ2n) is 7.37. The quantitative estimate of drug-likeness (QED) is 0.139. The summed E-state index contributed by atoms with van der Waals surface area (Å²) >= 11 is 0. The first-order valence-electron chi connectivity index (χ1n) is 9.34. The number of phosphoric acid groups is 2. The van der Waals surface area contributed by atoms with E-state index in [0.29, 0.717) is 0 Å². The molecular weight excluding hydrogens is 514 g/mol. The van der Waals surface area contributed by atoms with Crippen LogP contribution < -0.4 is 11.2 Å². The standard InChI is InChI=1S/C14H22N2O16P2/c17-4-14(23)5-28-12(10(14)21)31-34(26,27)32-33(24,25)29-3-6-8(19)9(20)11(30-6)16-2-1-7(18)15-13(16)22/h1-2,6,8-12,17,19-21,23H,3-5H2,(H,24,25)(H,26,27)(H,15,18,22). The predicted molar refractivity (Wildman–Crippen MR) is 103 cm³/mol. The van der Waals surface area contributed by atoms with E-state index in [1.54, 1.807) is 0 Å². The summed E-state index contributed by atoms with van der Waals surface area (Å²) in [5.41, 5.74) is -3.94. The number of ether oxygens (including phenoxy) is 2. The zero-order valence-corrected chi connectivity index (χ0v) is 18.7. The third kappa shape index (κ3) is 5.89. The Morgan fingerprint density at radius 1 is 1.18 bits per heavy atom. The van der Waals surface area contributed by atoms with Gasteiger partial charge in [0.1, 0.15) is 30.0 Å². The van der Waals surface area contributed by atoms with E-state index in [0.717, 1.165) is 16.8 Å². The molecule has 0 saturated carbocycles. The van der Waals surface area contributed by atoms with Crippen LogP contribution >= 0.6 is 15.6 Å². The number of aliphatic hydroxyl groups is 5. The fourth-order valence-electron chi connectivity index (χ4n) is 3.08. The molecule has 0 aromatic carbocycles. The Morgan fingerprint density at radius 2 is 1.85 bits per heavy atom. The highest BCUT2D eigenvalue weighted by molar-refractivity contribution is 7.61. The number of rotatable bonds is 9. The predicted octanol–water partition coefficient (Wildman–Crippen LogP) is -4.15. The van der Waals surface area contributed by atoms with Gasteiger partial charge in [0.15, 0.2) is 12.5 Å². The Labute approximate surface area is 188 Å². The lowest BCUT2D eigenvalue weighted by atomic mass is 10.0. The molecule has 0 aliphatic carbocycles. The number of aliphatic hydroxyl groups excluding tert-OH is 4. The van der Waals surface area contributed by atoms with Crippen LogP contribution in [0.4, 0.5) is 0 Å². The monoisotopic (exact) mass is 536 g/mol. The zero-order chi connectivity index (χ0) is 25.5. The molecule has 34 heavy (non-hydrogen) atoms. The summed E-state index contributed by atoms with van der Waals surface area (Å²) in [4.78, 5) is 44.3. The molecule has 8 N–H and O–H groups in total. The van der Waals surface area contributed by atoms with Crippen LogP contribution in [0.2, 0.25) is 0 Å². The Kier molecular flexibility index (Phi) is 7.98. The minimum absolute atomic E-state index is 0.693. The van der Waals surface area contributed by atoms with Gasteiger partial charge in [-0.15, -0.1) is 0 Å². The molecule has 2 aliphatic heterocycles. The Bertz CT molecular complexity index is 1090. The van der Waals surface area contributed by atoms with Crippen LogP contribution in [0.25, 0.3) is 0 Å². The van der Waals surface area contributed by atoms with E-state index in [9.17, 15) is 48.9 Å². The average molecular weight is 536 g/mol. The second-order valence-corrected chi connectivity index (χ2v) is 10.4. The number of aromatic amines is 1. The van der Waals surface area contributed by atoms with E-state index in [-0.39, 0.29) is 0 Å². The number of hydrogen-bond donors (Lipinski definition) is 8. The van der Waals surface area contributed by atoms with Gasteiger partial charge in [0, 0.05) is 12.3 Å². The van der Waals surface area contributed by atoms with Crippen LogP contribution in [0, 0.1) is 0 Å². The molecule has 0 spiro atoms. The van der Waals surface area contributed by atoms with Crippen molar-refractivity contribution >= 4 is 15.6 Å². The van der Waals surface area contributed by atoms with Crippen LogP contribution in [0.1, 0.15) is 6.23 Å². The van der Waals surface area contributed by atoms with Gasteiger partial charge in [0.2, 0.25) is 0 Å². The molecule has 3 heterocycles. The normalized spacial score (nSPS) is 37.4. The molecule has 1 aromatic rings. The van der Waals surface area contributed by atoms with Crippen molar-refractivity contribution in [1.29, 1.82) is 0 Å². The maximum absolute atomic E-state index is 12.1. The first-order valence-corrected chi connectivity index (χ1v) is 12.3. The van der Waals surface area contributed by atoms with Gasteiger partial charge in [0.25, 0.3) is 5.56 Å². The summed E-state index contributed by atoms with van der Waals surface area (Å²) in [5, 5.41) is 48.8. The van der Waals surface area contributed by atoms with Gasteiger partial charge in [0.05, 0.1) is 19.8 Å². The van der Waals surface area contributed by atoms with Crippen molar-refractivity contribution in [2.75, 3.05) is 19.8 Å². The van der Waals surface area contributed by atoms with E-state index in [2.05, 4.69) is 13.4 Å². The molecule has 2 saturated heterocycles. The van der Waals surface area contributed by atoms with Crippen molar-refractivity contribution in [2.24, 2.45) is 0 Å². The van der Waals surface area contributed by atoms with Gasteiger partial charge in [-0.3, -0.25) is 23.4 Å². The van der Waals surface area contributed by atoms with Crippen molar-refractivity contribution in [3.63, 3.8) is 0 Å². The zero-order valence-electron chi connectivity index (χ0n) is 16.9. The summed E-state index contributed by atoms with van der Waals surface area (Å²) in [6, 6.07) is 0.939. The number of phosphoric ester groups is 2. The van der Waals surface area contributed by atoms with Gasteiger partial charge >= 0.3 is 21.3 Å². The molecule has 20 heteroatoms. The van der Waals surface area contributed by atoms with E-state index in [1.165, 1.54) is 0 Å². The molecule has 9 atom stereocenters. The lowest BCUT2D eigenvalue weighted by Crippen LogP contribution is -2.47. The van der Waals surface area contributed by atoms with Crippen molar-refractivity contribution in [3.05, 3.63) is 33.1 Å². The summed E-state index contributed by atoms with van der Waals surface area (Å²) < 4.78 is 47.7. The van der Waals surface area contributed by atoms with Crippen molar-refractivity contribution in [1.82, 2.24) is 9.55 Å². The van der Waals surface area contributed by atoms with Crippen LogP contribution in [-0.4, -0.2) is 101 Å². The first-order chi connectivity index (χ1) is 15.7. The Morgan fingerprint density at radius 3 is 2.44 bits per heavy atom. The third-order valence-electron chi connectivity index (χ3n) is 4.89. The topological polar surface area (TPSA) is 277 Å². The van der Waals surface area contributed by atoms with Crippen LogP contribution in [0.5, 0.6) is 0 Å². The van der Waals surface area contributed by atoms with E-state index >= 15 is 0 Å². The van der Waals surface area contributed by atoms with Crippen LogP contribution in [0.3, 0.4) is 0 Å². The highest BCUT2D eigenvalue weighted by Crippen LogP contribution is 2.61. The van der Waals surface area contributed by atoms with Gasteiger partial charge in [-0.2, -0.15) is 4.31 Å². The van der Waals surface area contributed by atoms with Crippen molar-refractivity contribution in [2.45, 2.75) is 42.5 Å². The lowest BCUT2D eigenvalue weighted by molar-refractivity contribution is -0.122. The van der Waals surface area contributed by atoms with Gasteiger partial charge in [-0.1, -0.05) is 0 Å². The second kappa shape index (κ2) is 9.96. The summed E-state index contributed by atoms with van der Waals surface area (Å²) in [6.07, 6.45) is -9.63. The molecule has 194 valence electrons. The van der Waals surface area contributed by atoms with Crippen LogP contribution in [0.15, 0.2) is 21.9 Å². The highest BCUT2D eigenvalue weighted by atomic mass is 31.3. The van der Waals surface area contributed by atoms with Crippen LogP contribution in [-0.2, 0) is 32.0 Å². The molecule has 0 radical (unpaired) electrons. The number of aromatic nitrogens is 2. The van der Waals surface area contributed by atoms with E-state index in [4.69, 9.17) is 14.6 Å². The number of hydrogen-bond acceptors (Lipinski definition) is 14. The smallest absolute Gasteiger partial charge is 0.393 e. The molecule has 0 bridgehead atoms. The first kappa shape index (κ1) is 27.3. The summed E-state index contributed by atoms with van der Waals surface area (Å²) in [7, 11) is -10.9. The third-order valence-corrected chi connectivity index (χ3v) is 7.49. The number of nitrogens with zero attached hydrogens (tertiary/aromatic N) is 1. The molecule has 2 aliphatic rings.